The van der Waals surface area contributed by atoms with Crippen molar-refractivity contribution in [1.82, 2.24) is 14.5 Å². The Bertz CT molecular complexity index is 927. The number of carbonyl (C=O) groups excluding carboxylic acids is 1. The van der Waals surface area contributed by atoms with Crippen molar-refractivity contribution in [1.29, 1.82) is 0 Å². The lowest BCUT2D eigenvalue weighted by molar-refractivity contribution is -0.192. The van der Waals surface area contributed by atoms with E-state index in [-0.39, 0.29) is 23.4 Å². The SMILES string of the molecule is Cc1cc(C)c(S(=O)(=O)N(CC(=O)N2CCNCC2)C(C)C)cc1C.O=C(O)C(F)(F)F. The van der Waals surface area contributed by atoms with Crippen LogP contribution in [0.3, 0.4) is 0 Å². The minimum absolute atomic E-state index is 0.119. The normalized spacial score (nSPS) is 14.9. The standard InChI is InChI=1S/C18H29N3O3S.C2HF3O2/c1-13(2)21(12-18(22)20-8-6-19-7-9-20)25(23,24)17-11-15(4)14(3)10-16(17)5;3-2(4,5)1(6)7/h10-11,13,19H,6-9,12H2,1-5H3;(H,6,7). The van der Waals surface area contributed by atoms with Crippen LogP contribution >= 0.6 is 0 Å². The van der Waals surface area contributed by atoms with Crippen molar-refractivity contribution in [2.45, 2.75) is 51.7 Å². The minimum Gasteiger partial charge on any atom is -0.475 e. The zero-order chi connectivity index (χ0) is 24.9. The number of hydrogen-bond acceptors (Lipinski definition) is 5. The first-order chi connectivity index (χ1) is 14.6. The number of amides is 1. The average Bonchev–Trinajstić information content (AvgIpc) is 2.68. The summed E-state index contributed by atoms with van der Waals surface area (Å²) in [6.45, 7) is 11.9. The maximum Gasteiger partial charge on any atom is 0.490 e. The highest BCUT2D eigenvalue weighted by Crippen LogP contribution is 2.25. The number of benzene rings is 1. The molecule has 1 amide bonds. The Hall–Kier alpha value is -2.18. The van der Waals surface area contributed by atoms with E-state index < -0.39 is 22.2 Å². The van der Waals surface area contributed by atoms with Crippen molar-refractivity contribution in [2.75, 3.05) is 32.7 Å². The lowest BCUT2D eigenvalue weighted by Crippen LogP contribution is -2.51. The minimum atomic E-state index is -5.08. The number of nitrogens with zero attached hydrogens (tertiary/aromatic N) is 2. The molecule has 0 saturated carbocycles. The molecule has 1 saturated heterocycles. The lowest BCUT2D eigenvalue weighted by Gasteiger charge is -2.32. The van der Waals surface area contributed by atoms with Crippen LogP contribution < -0.4 is 5.32 Å². The summed E-state index contributed by atoms with van der Waals surface area (Å²) in [7, 11) is -3.73. The van der Waals surface area contributed by atoms with Crippen LogP contribution in [0.25, 0.3) is 0 Å². The molecule has 1 aliphatic rings. The molecule has 0 spiro atoms. The molecule has 1 heterocycles. The molecule has 0 aliphatic carbocycles. The highest BCUT2D eigenvalue weighted by atomic mass is 32.2. The number of sulfonamides is 1. The Morgan fingerprint density at radius 1 is 1.09 bits per heavy atom. The fraction of sp³-hybridized carbons (Fsp3) is 0.600. The smallest absolute Gasteiger partial charge is 0.475 e. The Morgan fingerprint density at radius 3 is 2.00 bits per heavy atom. The van der Waals surface area contributed by atoms with Gasteiger partial charge in [0, 0.05) is 32.2 Å². The number of halogens is 3. The van der Waals surface area contributed by atoms with Crippen LogP contribution in [0.15, 0.2) is 17.0 Å². The molecule has 1 aliphatic heterocycles. The van der Waals surface area contributed by atoms with Gasteiger partial charge >= 0.3 is 12.1 Å². The molecule has 1 aromatic rings. The number of aryl methyl sites for hydroxylation is 3. The molecule has 32 heavy (non-hydrogen) atoms. The van der Waals surface area contributed by atoms with Crippen LogP contribution in [-0.4, -0.2) is 79.5 Å². The molecule has 0 atom stereocenters. The van der Waals surface area contributed by atoms with Crippen LogP contribution in [0, 0.1) is 20.8 Å². The number of alkyl halides is 3. The molecular weight excluding hydrogens is 451 g/mol. The zero-order valence-corrected chi connectivity index (χ0v) is 19.6. The molecule has 1 fully saturated rings. The third kappa shape index (κ3) is 7.45. The van der Waals surface area contributed by atoms with Crippen molar-refractivity contribution < 1.29 is 36.3 Å². The molecular formula is C20H30F3N3O5S. The number of hydrogen-bond donors (Lipinski definition) is 2. The number of rotatable bonds is 5. The third-order valence-electron chi connectivity index (χ3n) is 4.96. The summed E-state index contributed by atoms with van der Waals surface area (Å²) in [6, 6.07) is 3.31. The largest absolute Gasteiger partial charge is 0.490 e. The van der Waals surface area contributed by atoms with E-state index in [9.17, 15) is 26.4 Å². The maximum absolute atomic E-state index is 13.2. The van der Waals surface area contributed by atoms with Gasteiger partial charge in [-0.25, -0.2) is 13.2 Å². The Balaban J connectivity index is 0.000000633. The molecule has 12 heteroatoms. The van der Waals surface area contributed by atoms with E-state index in [1.807, 2.05) is 19.9 Å². The molecule has 0 bridgehead atoms. The van der Waals surface area contributed by atoms with Gasteiger partial charge in [0.2, 0.25) is 15.9 Å². The van der Waals surface area contributed by atoms with Crippen LogP contribution in [0.4, 0.5) is 13.2 Å². The summed E-state index contributed by atoms with van der Waals surface area (Å²) in [5.41, 5.74) is 2.70. The highest BCUT2D eigenvalue weighted by molar-refractivity contribution is 7.89. The van der Waals surface area contributed by atoms with Gasteiger partial charge in [0.1, 0.15) is 0 Å². The Labute approximate surface area is 186 Å². The van der Waals surface area contributed by atoms with Gasteiger partial charge in [0.15, 0.2) is 0 Å². The number of aliphatic carboxylic acids is 1. The molecule has 0 radical (unpaired) electrons. The first kappa shape index (κ1) is 27.9. The number of piperazine rings is 1. The summed E-state index contributed by atoms with van der Waals surface area (Å²) in [5, 5.41) is 10.3. The van der Waals surface area contributed by atoms with E-state index in [1.54, 1.807) is 31.7 Å². The van der Waals surface area contributed by atoms with E-state index in [2.05, 4.69) is 5.32 Å². The number of carboxylic acid groups (broad SMARTS) is 1. The van der Waals surface area contributed by atoms with Crippen LogP contribution in [0.2, 0.25) is 0 Å². The molecule has 2 rings (SSSR count). The van der Waals surface area contributed by atoms with Gasteiger partial charge in [-0.3, -0.25) is 4.79 Å². The maximum atomic E-state index is 13.2. The van der Waals surface area contributed by atoms with Gasteiger partial charge in [-0.15, -0.1) is 0 Å². The first-order valence-electron chi connectivity index (χ1n) is 9.97. The average molecular weight is 482 g/mol. The first-order valence-corrected chi connectivity index (χ1v) is 11.4. The number of carboxylic acids is 1. The summed E-state index contributed by atoms with van der Waals surface area (Å²) in [6.07, 6.45) is -5.08. The number of carbonyl (C=O) groups is 2. The van der Waals surface area contributed by atoms with Crippen molar-refractivity contribution in [3.63, 3.8) is 0 Å². The summed E-state index contributed by atoms with van der Waals surface area (Å²) in [4.78, 5) is 23.5. The van der Waals surface area contributed by atoms with E-state index in [4.69, 9.17) is 9.90 Å². The van der Waals surface area contributed by atoms with Gasteiger partial charge in [0.25, 0.3) is 0 Å². The molecule has 1 aromatic carbocycles. The van der Waals surface area contributed by atoms with Crippen molar-refractivity contribution in [3.05, 3.63) is 28.8 Å². The zero-order valence-electron chi connectivity index (χ0n) is 18.8. The summed E-state index contributed by atoms with van der Waals surface area (Å²) >= 11 is 0. The van der Waals surface area contributed by atoms with Gasteiger partial charge < -0.3 is 15.3 Å². The molecule has 182 valence electrons. The second-order valence-corrected chi connectivity index (χ2v) is 9.64. The molecule has 2 N–H and O–H groups in total. The van der Waals surface area contributed by atoms with Gasteiger partial charge in [-0.1, -0.05) is 6.07 Å². The quantitative estimate of drug-likeness (QED) is 0.667. The van der Waals surface area contributed by atoms with Crippen LogP contribution in [-0.2, 0) is 19.6 Å². The number of nitrogens with one attached hydrogen (secondary N) is 1. The summed E-state index contributed by atoms with van der Waals surface area (Å²) < 4.78 is 59.5. The molecule has 8 nitrogen and oxygen atoms in total. The van der Waals surface area contributed by atoms with Crippen molar-refractivity contribution in [3.8, 4) is 0 Å². The van der Waals surface area contributed by atoms with Gasteiger partial charge in [0.05, 0.1) is 11.4 Å². The Morgan fingerprint density at radius 2 is 1.56 bits per heavy atom. The summed E-state index contributed by atoms with van der Waals surface area (Å²) in [5.74, 6) is -2.90. The predicted octanol–water partition coefficient (Wildman–Crippen LogP) is 2.08. The van der Waals surface area contributed by atoms with Gasteiger partial charge in [-0.05, 0) is 57.4 Å². The lowest BCUT2D eigenvalue weighted by atomic mass is 10.1. The molecule has 0 aromatic heterocycles. The predicted molar refractivity (Wildman–Crippen MR) is 113 cm³/mol. The van der Waals surface area contributed by atoms with Crippen molar-refractivity contribution >= 4 is 21.9 Å². The van der Waals surface area contributed by atoms with E-state index in [0.29, 0.717) is 18.7 Å². The second kappa shape index (κ2) is 11.1. The fourth-order valence-corrected chi connectivity index (χ4v) is 4.91. The topological polar surface area (TPSA) is 107 Å². The highest BCUT2D eigenvalue weighted by Gasteiger charge is 2.38. The van der Waals surface area contributed by atoms with Crippen LogP contribution in [0.5, 0.6) is 0 Å². The van der Waals surface area contributed by atoms with E-state index in [1.165, 1.54) is 4.31 Å². The second-order valence-electron chi connectivity index (χ2n) is 7.78. The Kier molecular flexibility index (Phi) is 9.66. The van der Waals surface area contributed by atoms with E-state index in [0.717, 1.165) is 24.2 Å². The van der Waals surface area contributed by atoms with Crippen molar-refractivity contribution in [2.24, 2.45) is 0 Å². The third-order valence-corrected chi connectivity index (χ3v) is 7.12. The monoisotopic (exact) mass is 481 g/mol. The molecule has 0 unspecified atom stereocenters. The van der Waals surface area contributed by atoms with Crippen LogP contribution in [0.1, 0.15) is 30.5 Å². The van der Waals surface area contributed by atoms with Gasteiger partial charge in [-0.2, -0.15) is 17.5 Å². The van der Waals surface area contributed by atoms with E-state index >= 15 is 0 Å². The fourth-order valence-electron chi connectivity index (χ4n) is 3.03.